The maximum Gasteiger partial charge on any atom is 0.255 e. The Morgan fingerprint density at radius 2 is 1.70 bits per heavy atom. The summed E-state index contributed by atoms with van der Waals surface area (Å²) in [5, 5.41) is 6.12. The average molecular weight is 577 g/mol. The lowest BCUT2D eigenvalue weighted by Crippen LogP contribution is -2.50. The van der Waals surface area contributed by atoms with Crippen molar-refractivity contribution in [2.45, 2.75) is 64.7 Å². The molecule has 40 heavy (non-hydrogen) atoms. The van der Waals surface area contributed by atoms with Gasteiger partial charge in [0.15, 0.2) is 0 Å². The van der Waals surface area contributed by atoms with Crippen LogP contribution in [-0.2, 0) is 19.6 Å². The second kappa shape index (κ2) is 13.3. The van der Waals surface area contributed by atoms with Gasteiger partial charge >= 0.3 is 0 Å². The van der Waals surface area contributed by atoms with Gasteiger partial charge in [-0.25, -0.2) is 12.7 Å². The summed E-state index contributed by atoms with van der Waals surface area (Å²) in [4.78, 5) is 41.2. The standard InChI is InChI=1S/C29H44N4O6S/c1-22-6-7-24-25(20-22)39-19-5-14-31-28(36)29(10-3-4-13-30-27(24)35)11-17-32(18-12-29)26(34)21-23-8-15-33(16-9-23)40(2,37)38/h6-7,20,23H,3-5,8-19,21H2,1-2H3,(H,30,35)(H,31,36). The average Bonchev–Trinajstić information content (AvgIpc) is 2.92. The highest BCUT2D eigenvalue weighted by Gasteiger charge is 2.42. The quantitative estimate of drug-likeness (QED) is 0.570. The molecule has 3 aliphatic rings. The van der Waals surface area contributed by atoms with Gasteiger partial charge < -0.3 is 20.3 Å². The Morgan fingerprint density at radius 3 is 2.40 bits per heavy atom. The molecular formula is C29H44N4O6S. The monoisotopic (exact) mass is 576 g/mol. The van der Waals surface area contributed by atoms with Gasteiger partial charge in [0.1, 0.15) is 5.75 Å². The number of nitrogens with zero attached hydrogens (tertiary/aromatic N) is 2. The maximum absolute atomic E-state index is 13.5. The van der Waals surface area contributed by atoms with Crippen LogP contribution in [0.5, 0.6) is 5.75 Å². The topological polar surface area (TPSA) is 125 Å². The molecule has 0 radical (unpaired) electrons. The Labute approximate surface area is 238 Å². The number of hydrogen-bond acceptors (Lipinski definition) is 6. The third-order valence-corrected chi connectivity index (χ3v) is 9.98. The molecule has 3 aliphatic heterocycles. The Bertz CT molecular complexity index is 1170. The number of piperidine rings is 2. The zero-order valence-corrected chi connectivity index (χ0v) is 24.7. The second-order valence-corrected chi connectivity index (χ2v) is 13.6. The normalized spacial score (nSPS) is 22.3. The molecule has 2 N–H and O–H groups in total. The lowest BCUT2D eigenvalue weighted by Gasteiger charge is -2.41. The molecule has 10 nitrogen and oxygen atoms in total. The molecule has 0 aromatic heterocycles. The summed E-state index contributed by atoms with van der Waals surface area (Å²) < 4.78 is 31.0. The third kappa shape index (κ3) is 7.75. The molecule has 0 unspecified atom stereocenters. The largest absolute Gasteiger partial charge is 0.493 e. The van der Waals surface area contributed by atoms with Gasteiger partial charge in [0.25, 0.3) is 5.91 Å². The molecule has 0 atom stereocenters. The molecular weight excluding hydrogens is 532 g/mol. The van der Waals surface area contributed by atoms with E-state index >= 15 is 0 Å². The lowest BCUT2D eigenvalue weighted by atomic mass is 9.73. The van der Waals surface area contributed by atoms with E-state index in [0.717, 1.165) is 18.4 Å². The van der Waals surface area contributed by atoms with Crippen LogP contribution < -0.4 is 15.4 Å². The van der Waals surface area contributed by atoms with E-state index in [2.05, 4.69) is 10.6 Å². The van der Waals surface area contributed by atoms with Crippen molar-refractivity contribution in [2.75, 3.05) is 52.1 Å². The van der Waals surface area contributed by atoms with Crippen LogP contribution in [0.2, 0.25) is 0 Å². The summed E-state index contributed by atoms with van der Waals surface area (Å²) in [6.45, 7) is 5.39. The van der Waals surface area contributed by atoms with Gasteiger partial charge in [0, 0.05) is 45.7 Å². The molecule has 3 amide bonds. The van der Waals surface area contributed by atoms with Crippen LogP contribution in [0, 0.1) is 18.3 Å². The number of nitrogens with one attached hydrogen (secondary N) is 2. The zero-order valence-electron chi connectivity index (χ0n) is 23.9. The summed E-state index contributed by atoms with van der Waals surface area (Å²) in [5.41, 5.74) is 1.02. The zero-order chi connectivity index (χ0) is 28.8. The summed E-state index contributed by atoms with van der Waals surface area (Å²) in [7, 11) is -3.18. The smallest absolute Gasteiger partial charge is 0.255 e. The summed E-state index contributed by atoms with van der Waals surface area (Å²) >= 11 is 0. The molecule has 4 rings (SSSR count). The minimum absolute atomic E-state index is 0.0443. The van der Waals surface area contributed by atoms with Crippen LogP contribution in [-0.4, -0.2) is 87.5 Å². The van der Waals surface area contributed by atoms with E-state index in [9.17, 15) is 22.8 Å². The lowest BCUT2D eigenvalue weighted by molar-refractivity contribution is -0.141. The summed E-state index contributed by atoms with van der Waals surface area (Å²) in [5.74, 6) is 0.745. The first-order valence-electron chi connectivity index (χ1n) is 14.6. The second-order valence-electron chi connectivity index (χ2n) is 11.6. The Balaban J connectivity index is 1.31. The van der Waals surface area contributed by atoms with Crippen LogP contribution in [0.1, 0.15) is 73.7 Å². The van der Waals surface area contributed by atoms with Crippen LogP contribution in [0.4, 0.5) is 0 Å². The summed E-state index contributed by atoms with van der Waals surface area (Å²) in [6, 6.07) is 5.56. The van der Waals surface area contributed by atoms with E-state index in [1.165, 1.54) is 10.6 Å². The highest BCUT2D eigenvalue weighted by Crippen LogP contribution is 2.38. The van der Waals surface area contributed by atoms with Crippen molar-refractivity contribution in [1.82, 2.24) is 19.8 Å². The van der Waals surface area contributed by atoms with Gasteiger partial charge in [0.2, 0.25) is 21.8 Å². The number of carbonyl (C=O) groups is 3. The fourth-order valence-corrected chi connectivity index (χ4v) is 6.94. The molecule has 1 spiro atoms. The molecule has 2 fully saturated rings. The van der Waals surface area contributed by atoms with Crippen molar-refractivity contribution < 1.29 is 27.5 Å². The number of carbonyl (C=O) groups excluding carboxylic acids is 3. The fourth-order valence-electron chi connectivity index (χ4n) is 6.06. The van der Waals surface area contributed by atoms with E-state index in [4.69, 9.17) is 4.74 Å². The van der Waals surface area contributed by atoms with Gasteiger partial charge in [0.05, 0.1) is 23.8 Å². The number of aryl methyl sites for hydroxylation is 1. The number of amides is 3. The molecule has 0 bridgehead atoms. The first-order valence-corrected chi connectivity index (χ1v) is 16.5. The number of hydrogen-bond donors (Lipinski definition) is 2. The molecule has 1 aromatic carbocycles. The SMILES string of the molecule is Cc1ccc2c(c1)OCCCNC(=O)C1(CCCCNC2=O)CCN(C(=O)CC2CCN(S(C)(=O)=O)CC2)CC1. The van der Waals surface area contributed by atoms with Crippen LogP contribution in [0.15, 0.2) is 18.2 Å². The van der Waals surface area contributed by atoms with Gasteiger partial charge in [-0.05, 0) is 75.5 Å². The van der Waals surface area contributed by atoms with Crippen LogP contribution in [0.25, 0.3) is 0 Å². The van der Waals surface area contributed by atoms with Crippen LogP contribution in [0.3, 0.4) is 0 Å². The van der Waals surface area contributed by atoms with Crippen LogP contribution >= 0.6 is 0 Å². The highest BCUT2D eigenvalue weighted by atomic mass is 32.2. The molecule has 2 saturated heterocycles. The molecule has 11 heteroatoms. The number of rotatable bonds is 3. The maximum atomic E-state index is 13.5. The van der Waals surface area contributed by atoms with Crippen molar-refractivity contribution in [3.8, 4) is 5.75 Å². The predicted molar refractivity (Wildman–Crippen MR) is 152 cm³/mol. The van der Waals surface area contributed by atoms with Gasteiger partial charge in [-0.1, -0.05) is 12.5 Å². The van der Waals surface area contributed by atoms with E-state index in [1.54, 1.807) is 6.07 Å². The molecule has 0 aliphatic carbocycles. The first-order chi connectivity index (χ1) is 19.1. The molecule has 3 heterocycles. The van der Waals surface area contributed by atoms with Crippen molar-refractivity contribution >= 4 is 27.7 Å². The number of ether oxygens (including phenoxy) is 1. The summed E-state index contributed by atoms with van der Waals surface area (Å²) in [6.07, 6.45) is 7.19. The van der Waals surface area contributed by atoms with Gasteiger partial charge in [-0.3, -0.25) is 14.4 Å². The molecule has 222 valence electrons. The van der Waals surface area contributed by atoms with E-state index in [-0.39, 0.29) is 23.6 Å². The highest BCUT2D eigenvalue weighted by molar-refractivity contribution is 7.88. The number of sulfonamides is 1. The Kier molecular flexibility index (Phi) is 10.1. The minimum Gasteiger partial charge on any atom is -0.493 e. The Hall–Kier alpha value is -2.66. The third-order valence-electron chi connectivity index (χ3n) is 8.67. The van der Waals surface area contributed by atoms with E-state index < -0.39 is 15.4 Å². The van der Waals surface area contributed by atoms with Crippen molar-refractivity contribution in [1.29, 1.82) is 0 Å². The van der Waals surface area contributed by atoms with Crippen molar-refractivity contribution in [3.63, 3.8) is 0 Å². The number of benzene rings is 1. The fraction of sp³-hybridized carbons (Fsp3) is 0.690. The molecule has 0 saturated carbocycles. The first kappa shape index (κ1) is 30.3. The number of likely N-dealkylation sites (tertiary alicyclic amines) is 1. The minimum atomic E-state index is -3.18. The molecule has 1 aromatic rings. The van der Waals surface area contributed by atoms with Gasteiger partial charge in [-0.2, -0.15) is 0 Å². The van der Waals surface area contributed by atoms with Crippen molar-refractivity contribution in [2.24, 2.45) is 11.3 Å². The van der Waals surface area contributed by atoms with E-state index in [1.807, 2.05) is 24.0 Å². The van der Waals surface area contributed by atoms with Gasteiger partial charge in [-0.15, -0.1) is 0 Å². The van der Waals surface area contributed by atoms with E-state index in [0.29, 0.717) is 102 Å². The Morgan fingerprint density at radius 1 is 1.00 bits per heavy atom. The van der Waals surface area contributed by atoms with Crippen molar-refractivity contribution in [3.05, 3.63) is 29.3 Å². The number of fused-ring (bicyclic) bond motifs is 1. The predicted octanol–water partition coefficient (Wildman–Crippen LogP) is 2.46.